The predicted octanol–water partition coefficient (Wildman–Crippen LogP) is 1.28. The van der Waals surface area contributed by atoms with Crippen LogP contribution in [0.2, 0.25) is 0 Å². The standard InChI is InChI=1S/C14H23N3O/c1-15-10-13-4-5-14(18-13)11-16-6-8-17(9-7-16)12-2-3-12/h4-5,12,15H,2-3,6-11H2,1H3. The van der Waals surface area contributed by atoms with Gasteiger partial charge >= 0.3 is 0 Å². The van der Waals surface area contributed by atoms with Gasteiger partial charge in [-0.1, -0.05) is 0 Å². The van der Waals surface area contributed by atoms with Gasteiger partial charge in [-0.15, -0.1) is 0 Å². The number of rotatable bonds is 5. The fourth-order valence-corrected chi connectivity index (χ4v) is 2.72. The van der Waals surface area contributed by atoms with Crippen molar-refractivity contribution >= 4 is 0 Å². The normalized spacial score (nSPS) is 22.5. The Morgan fingerprint density at radius 1 is 1.17 bits per heavy atom. The lowest BCUT2D eigenvalue weighted by molar-refractivity contribution is 0.115. The van der Waals surface area contributed by atoms with Crippen molar-refractivity contribution in [1.29, 1.82) is 0 Å². The SMILES string of the molecule is CNCc1ccc(CN2CCN(C3CC3)CC2)o1. The minimum atomic E-state index is 0.815. The van der Waals surface area contributed by atoms with Gasteiger partial charge < -0.3 is 9.73 Å². The average Bonchev–Trinajstić information content (AvgIpc) is 3.14. The molecule has 0 radical (unpaired) electrons. The maximum absolute atomic E-state index is 5.80. The van der Waals surface area contributed by atoms with Crippen molar-refractivity contribution in [2.24, 2.45) is 0 Å². The lowest BCUT2D eigenvalue weighted by atomic mass is 10.3. The largest absolute Gasteiger partial charge is 0.463 e. The topological polar surface area (TPSA) is 31.6 Å². The van der Waals surface area contributed by atoms with Crippen molar-refractivity contribution in [2.75, 3.05) is 33.2 Å². The highest BCUT2D eigenvalue weighted by molar-refractivity contribution is 5.07. The molecule has 1 N–H and O–H groups in total. The fraction of sp³-hybridized carbons (Fsp3) is 0.714. The molecule has 3 rings (SSSR count). The summed E-state index contributed by atoms with van der Waals surface area (Å²) in [5, 5.41) is 3.11. The van der Waals surface area contributed by atoms with Crippen LogP contribution >= 0.6 is 0 Å². The van der Waals surface area contributed by atoms with Gasteiger partial charge in [0.25, 0.3) is 0 Å². The minimum absolute atomic E-state index is 0.815. The van der Waals surface area contributed by atoms with E-state index in [1.54, 1.807) is 0 Å². The fourth-order valence-electron chi connectivity index (χ4n) is 2.72. The molecule has 0 spiro atoms. The van der Waals surface area contributed by atoms with Gasteiger partial charge in [-0.3, -0.25) is 9.80 Å². The van der Waals surface area contributed by atoms with Gasteiger partial charge in [-0.05, 0) is 32.0 Å². The maximum atomic E-state index is 5.80. The van der Waals surface area contributed by atoms with Crippen molar-refractivity contribution in [3.8, 4) is 0 Å². The van der Waals surface area contributed by atoms with E-state index in [-0.39, 0.29) is 0 Å². The highest BCUT2D eigenvalue weighted by Gasteiger charge is 2.31. The molecule has 100 valence electrons. The first-order valence-corrected chi connectivity index (χ1v) is 7.04. The molecule has 4 heteroatoms. The Hall–Kier alpha value is -0.840. The molecule has 1 aliphatic carbocycles. The molecule has 1 saturated carbocycles. The van der Waals surface area contributed by atoms with E-state index in [4.69, 9.17) is 4.42 Å². The highest BCUT2D eigenvalue weighted by Crippen LogP contribution is 2.27. The summed E-state index contributed by atoms with van der Waals surface area (Å²) in [6.45, 7) is 6.60. The van der Waals surface area contributed by atoms with E-state index in [9.17, 15) is 0 Å². The van der Waals surface area contributed by atoms with Gasteiger partial charge in [0.1, 0.15) is 11.5 Å². The van der Waals surface area contributed by atoms with E-state index in [0.29, 0.717) is 0 Å². The second kappa shape index (κ2) is 5.43. The summed E-state index contributed by atoms with van der Waals surface area (Å²) in [6.07, 6.45) is 2.84. The van der Waals surface area contributed by atoms with Gasteiger partial charge in [-0.2, -0.15) is 0 Å². The summed E-state index contributed by atoms with van der Waals surface area (Å²) in [5.74, 6) is 2.13. The van der Waals surface area contributed by atoms with Crippen molar-refractivity contribution in [2.45, 2.75) is 32.0 Å². The van der Waals surface area contributed by atoms with Crippen LogP contribution < -0.4 is 5.32 Å². The molecule has 0 unspecified atom stereocenters. The molecule has 2 heterocycles. The first-order valence-electron chi connectivity index (χ1n) is 7.04. The number of nitrogens with one attached hydrogen (secondary N) is 1. The molecule has 0 bridgehead atoms. The summed E-state index contributed by atoms with van der Waals surface area (Å²) >= 11 is 0. The zero-order chi connectivity index (χ0) is 12.4. The molecule has 1 aromatic heterocycles. The molecular weight excluding hydrogens is 226 g/mol. The van der Waals surface area contributed by atoms with E-state index >= 15 is 0 Å². The number of piperazine rings is 1. The lowest BCUT2D eigenvalue weighted by Crippen LogP contribution is -2.46. The molecule has 18 heavy (non-hydrogen) atoms. The zero-order valence-electron chi connectivity index (χ0n) is 11.2. The van der Waals surface area contributed by atoms with Crippen LogP contribution in [0.25, 0.3) is 0 Å². The first kappa shape index (κ1) is 12.2. The Morgan fingerprint density at radius 2 is 1.89 bits per heavy atom. The van der Waals surface area contributed by atoms with Crippen LogP contribution in [0, 0.1) is 0 Å². The molecule has 0 aromatic carbocycles. The number of furan rings is 1. The van der Waals surface area contributed by atoms with Crippen molar-refractivity contribution in [1.82, 2.24) is 15.1 Å². The molecular formula is C14H23N3O. The van der Waals surface area contributed by atoms with Crippen LogP contribution in [-0.2, 0) is 13.1 Å². The Bertz CT molecular complexity index is 378. The second-order valence-corrected chi connectivity index (χ2v) is 5.44. The van der Waals surface area contributed by atoms with E-state index in [1.165, 1.54) is 39.0 Å². The summed E-state index contributed by atoms with van der Waals surface area (Å²) in [7, 11) is 1.94. The Morgan fingerprint density at radius 3 is 2.56 bits per heavy atom. The van der Waals surface area contributed by atoms with E-state index in [1.807, 2.05) is 7.05 Å². The molecule has 2 fully saturated rings. The zero-order valence-corrected chi connectivity index (χ0v) is 11.2. The van der Waals surface area contributed by atoms with E-state index in [2.05, 4.69) is 27.2 Å². The average molecular weight is 249 g/mol. The maximum Gasteiger partial charge on any atom is 0.118 e. The van der Waals surface area contributed by atoms with E-state index < -0.39 is 0 Å². The summed E-state index contributed by atoms with van der Waals surface area (Å²) in [5.41, 5.74) is 0. The number of hydrogen-bond donors (Lipinski definition) is 1. The molecule has 1 aliphatic heterocycles. The van der Waals surface area contributed by atoms with Gasteiger partial charge in [-0.25, -0.2) is 0 Å². The van der Waals surface area contributed by atoms with Gasteiger partial charge in [0.2, 0.25) is 0 Å². The Balaban J connectivity index is 1.47. The smallest absolute Gasteiger partial charge is 0.118 e. The van der Waals surface area contributed by atoms with Crippen LogP contribution in [-0.4, -0.2) is 49.1 Å². The number of hydrogen-bond acceptors (Lipinski definition) is 4. The quantitative estimate of drug-likeness (QED) is 0.852. The third-order valence-electron chi connectivity index (χ3n) is 3.92. The molecule has 0 amide bonds. The van der Waals surface area contributed by atoms with Crippen molar-refractivity contribution in [3.05, 3.63) is 23.7 Å². The summed E-state index contributed by atoms with van der Waals surface area (Å²) in [4.78, 5) is 5.14. The molecule has 4 nitrogen and oxygen atoms in total. The monoisotopic (exact) mass is 249 g/mol. The van der Waals surface area contributed by atoms with Crippen LogP contribution in [0.1, 0.15) is 24.4 Å². The highest BCUT2D eigenvalue weighted by atomic mass is 16.3. The summed E-state index contributed by atoms with van der Waals surface area (Å²) in [6, 6.07) is 5.10. The predicted molar refractivity (Wildman–Crippen MR) is 71.3 cm³/mol. The van der Waals surface area contributed by atoms with E-state index in [0.717, 1.165) is 30.7 Å². The summed E-state index contributed by atoms with van der Waals surface area (Å²) < 4.78 is 5.80. The van der Waals surface area contributed by atoms with Gasteiger partial charge in [0.15, 0.2) is 0 Å². The molecule has 2 aliphatic rings. The van der Waals surface area contributed by atoms with Crippen LogP contribution in [0.4, 0.5) is 0 Å². The molecule has 1 aromatic rings. The third kappa shape index (κ3) is 2.94. The van der Waals surface area contributed by atoms with Crippen LogP contribution in [0.3, 0.4) is 0 Å². The first-order chi connectivity index (χ1) is 8.85. The van der Waals surface area contributed by atoms with Crippen LogP contribution in [0.15, 0.2) is 16.5 Å². The van der Waals surface area contributed by atoms with Crippen LogP contribution in [0.5, 0.6) is 0 Å². The van der Waals surface area contributed by atoms with Crippen molar-refractivity contribution < 1.29 is 4.42 Å². The number of nitrogens with zero attached hydrogens (tertiary/aromatic N) is 2. The third-order valence-corrected chi connectivity index (χ3v) is 3.92. The second-order valence-electron chi connectivity index (χ2n) is 5.44. The molecule has 1 saturated heterocycles. The lowest BCUT2D eigenvalue weighted by Gasteiger charge is -2.34. The minimum Gasteiger partial charge on any atom is -0.463 e. The van der Waals surface area contributed by atoms with Crippen molar-refractivity contribution in [3.63, 3.8) is 0 Å². The Kier molecular flexibility index (Phi) is 3.68. The van der Waals surface area contributed by atoms with Gasteiger partial charge in [0.05, 0.1) is 13.1 Å². The van der Waals surface area contributed by atoms with Gasteiger partial charge in [0, 0.05) is 32.2 Å². The Labute approximate surface area is 109 Å². The molecule has 0 atom stereocenters.